The Kier molecular flexibility index (Phi) is 4.39. The third-order valence-corrected chi connectivity index (χ3v) is 4.01. The average molecular weight is 379 g/mol. The molecule has 0 aliphatic heterocycles. The van der Waals surface area contributed by atoms with Gasteiger partial charge in [0.25, 0.3) is 11.4 Å². The first-order valence-electron chi connectivity index (χ1n) is 6.81. The molecule has 126 valence electrons. The lowest BCUT2D eigenvalue weighted by Gasteiger charge is -2.01. The minimum Gasteiger partial charge on any atom is -0.277 e. The molecule has 10 heteroatoms. The van der Waals surface area contributed by atoms with Crippen molar-refractivity contribution in [3.8, 4) is 22.5 Å². The van der Waals surface area contributed by atoms with Crippen LogP contribution < -0.4 is 0 Å². The minimum atomic E-state index is -0.692. The number of hydrogen-bond acceptors (Lipinski definition) is 5. The quantitative estimate of drug-likeness (QED) is 0.513. The molecule has 0 atom stereocenters. The molecule has 0 aliphatic rings. The van der Waals surface area contributed by atoms with Crippen molar-refractivity contribution in [2.24, 2.45) is 0 Å². The largest absolute Gasteiger partial charge is 0.285 e. The molecule has 0 amide bonds. The summed E-state index contributed by atoms with van der Waals surface area (Å²) in [6, 6.07) is 9.85. The Morgan fingerprint density at radius 3 is 2.28 bits per heavy atom. The molecule has 0 radical (unpaired) electrons. The molecule has 3 rings (SSSR count). The van der Waals surface area contributed by atoms with Crippen LogP contribution in [-0.2, 0) is 0 Å². The molecule has 0 aliphatic carbocycles. The normalized spacial score (nSPS) is 10.6. The van der Waals surface area contributed by atoms with Crippen LogP contribution in [0.3, 0.4) is 0 Å². The van der Waals surface area contributed by atoms with Crippen molar-refractivity contribution in [2.75, 3.05) is 0 Å². The molecule has 0 saturated carbocycles. The lowest BCUT2D eigenvalue weighted by molar-refractivity contribution is -0.393. The van der Waals surface area contributed by atoms with Gasteiger partial charge >= 0.3 is 0 Å². The maximum Gasteiger partial charge on any atom is 0.285 e. The Balaban J connectivity index is 2.08. The Labute approximate surface area is 150 Å². The number of non-ortho nitro benzene ring substituents is 1. The number of nitro groups is 2. The molecule has 0 unspecified atom stereocenters. The van der Waals surface area contributed by atoms with Crippen LogP contribution in [0.15, 0.2) is 42.5 Å². The number of benzene rings is 2. The number of hydrogen-bond donors (Lipinski definition) is 1. The second kappa shape index (κ2) is 6.50. The number of aromatic nitrogens is 2. The molecular weight excluding hydrogens is 371 g/mol. The highest BCUT2D eigenvalue weighted by molar-refractivity contribution is 6.36. The second-order valence-corrected chi connectivity index (χ2v) is 5.85. The molecule has 0 bridgehead atoms. The van der Waals surface area contributed by atoms with Crippen molar-refractivity contribution in [3.63, 3.8) is 0 Å². The first kappa shape index (κ1) is 16.9. The number of halogens is 2. The minimum absolute atomic E-state index is 0.180. The van der Waals surface area contributed by atoms with Crippen LogP contribution >= 0.6 is 23.2 Å². The van der Waals surface area contributed by atoms with E-state index in [1.165, 1.54) is 12.1 Å². The summed E-state index contributed by atoms with van der Waals surface area (Å²) in [5.74, 6) is 0. The van der Waals surface area contributed by atoms with Crippen molar-refractivity contribution < 1.29 is 9.85 Å². The lowest BCUT2D eigenvalue weighted by atomic mass is 10.1. The van der Waals surface area contributed by atoms with E-state index in [0.29, 0.717) is 27.0 Å². The fourth-order valence-corrected chi connectivity index (χ4v) is 2.81. The van der Waals surface area contributed by atoms with Crippen LogP contribution in [-0.4, -0.2) is 20.0 Å². The first-order chi connectivity index (χ1) is 11.9. The molecule has 0 fully saturated rings. The fourth-order valence-electron chi connectivity index (χ4n) is 2.31. The Hall–Kier alpha value is -2.97. The number of nitrogens with one attached hydrogen (secondary N) is 1. The predicted molar refractivity (Wildman–Crippen MR) is 92.8 cm³/mol. The third-order valence-electron chi connectivity index (χ3n) is 3.46. The third kappa shape index (κ3) is 3.30. The second-order valence-electron chi connectivity index (χ2n) is 5.01. The van der Waals surface area contributed by atoms with Crippen molar-refractivity contribution in [1.29, 1.82) is 0 Å². The summed E-state index contributed by atoms with van der Waals surface area (Å²) in [6.07, 6.45) is 0. The molecule has 0 saturated heterocycles. The summed E-state index contributed by atoms with van der Waals surface area (Å²) >= 11 is 12.0. The Morgan fingerprint density at radius 1 is 0.920 bits per heavy atom. The molecular formula is C15H8Cl2N4O4. The summed E-state index contributed by atoms with van der Waals surface area (Å²) in [7, 11) is 0. The molecule has 8 nitrogen and oxygen atoms in total. The van der Waals surface area contributed by atoms with Gasteiger partial charge in [-0.1, -0.05) is 23.2 Å². The topological polar surface area (TPSA) is 115 Å². The van der Waals surface area contributed by atoms with Crippen molar-refractivity contribution >= 4 is 34.6 Å². The summed E-state index contributed by atoms with van der Waals surface area (Å²) in [4.78, 5) is 20.7. The van der Waals surface area contributed by atoms with E-state index in [0.717, 1.165) is 6.07 Å². The number of nitro benzene ring substituents is 2. The van der Waals surface area contributed by atoms with Gasteiger partial charge in [-0.3, -0.25) is 25.3 Å². The van der Waals surface area contributed by atoms with Gasteiger partial charge in [-0.2, -0.15) is 5.10 Å². The van der Waals surface area contributed by atoms with Gasteiger partial charge in [0.15, 0.2) is 0 Å². The van der Waals surface area contributed by atoms with Crippen molar-refractivity contribution in [1.82, 2.24) is 10.2 Å². The standard InChI is InChI=1S/C15H8Cl2N4O4/c16-8-1-3-10(12(17)5-8)13-7-14(19-18-13)11-4-2-9(20(22)23)6-15(11)21(24)25/h1-7H,(H,18,19). The van der Waals surface area contributed by atoms with Crippen LogP contribution in [0.1, 0.15) is 0 Å². The van der Waals surface area contributed by atoms with Gasteiger partial charge in [-0.25, -0.2) is 0 Å². The maximum atomic E-state index is 11.3. The monoisotopic (exact) mass is 378 g/mol. The Morgan fingerprint density at radius 2 is 1.64 bits per heavy atom. The highest BCUT2D eigenvalue weighted by Gasteiger charge is 2.22. The molecule has 1 N–H and O–H groups in total. The van der Waals surface area contributed by atoms with E-state index in [9.17, 15) is 20.2 Å². The van der Waals surface area contributed by atoms with Crippen LogP contribution in [0.4, 0.5) is 11.4 Å². The van der Waals surface area contributed by atoms with Gasteiger partial charge in [-0.15, -0.1) is 0 Å². The molecule has 3 aromatic rings. The number of nitrogens with zero attached hydrogens (tertiary/aromatic N) is 3. The van der Waals surface area contributed by atoms with E-state index in [4.69, 9.17) is 23.2 Å². The average Bonchev–Trinajstić information content (AvgIpc) is 3.03. The van der Waals surface area contributed by atoms with Crippen LogP contribution in [0.5, 0.6) is 0 Å². The van der Waals surface area contributed by atoms with E-state index in [-0.39, 0.29) is 11.3 Å². The molecule has 2 aromatic carbocycles. The zero-order chi connectivity index (χ0) is 18.1. The summed E-state index contributed by atoms with van der Waals surface area (Å²) in [6.45, 7) is 0. The van der Waals surface area contributed by atoms with Crippen LogP contribution in [0.25, 0.3) is 22.5 Å². The first-order valence-corrected chi connectivity index (χ1v) is 7.56. The number of H-pyrrole nitrogens is 1. The van der Waals surface area contributed by atoms with Crippen molar-refractivity contribution in [3.05, 3.63) is 72.7 Å². The summed E-state index contributed by atoms with van der Waals surface area (Å²) in [5.41, 5.74) is 0.812. The van der Waals surface area contributed by atoms with Gasteiger partial charge < -0.3 is 0 Å². The molecule has 1 heterocycles. The maximum absolute atomic E-state index is 11.3. The van der Waals surface area contributed by atoms with Crippen molar-refractivity contribution in [2.45, 2.75) is 0 Å². The zero-order valence-electron chi connectivity index (χ0n) is 12.3. The van der Waals surface area contributed by atoms with Gasteiger partial charge in [0.1, 0.15) is 0 Å². The lowest BCUT2D eigenvalue weighted by Crippen LogP contribution is -1.95. The molecule has 25 heavy (non-hydrogen) atoms. The van der Waals surface area contributed by atoms with Gasteiger partial charge in [0.05, 0.1) is 37.9 Å². The van der Waals surface area contributed by atoms with Crippen LogP contribution in [0.2, 0.25) is 10.0 Å². The van der Waals surface area contributed by atoms with Crippen LogP contribution in [0, 0.1) is 20.2 Å². The highest BCUT2D eigenvalue weighted by atomic mass is 35.5. The van der Waals surface area contributed by atoms with Gasteiger partial charge in [-0.05, 0) is 30.3 Å². The van der Waals surface area contributed by atoms with Gasteiger partial charge in [0, 0.05) is 16.7 Å². The molecule has 1 aromatic heterocycles. The molecule has 0 spiro atoms. The van der Waals surface area contributed by atoms with E-state index in [1.807, 2.05) is 0 Å². The SMILES string of the molecule is O=[N+]([O-])c1ccc(-c2cc(-c3ccc(Cl)cc3Cl)n[nH]2)c([N+](=O)[O-])c1. The highest BCUT2D eigenvalue weighted by Crippen LogP contribution is 2.35. The fraction of sp³-hybridized carbons (Fsp3) is 0. The number of rotatable bonds is 4. The van der Waals surface area contributed by atoms with E-state index >= 15 is 0 Å². The smallest absolute Gasteiger partial charge is 0.277 e. The van der Waals surface area contributed by atoms with E-state index < -0.39 is 15.5 Å². The van der Waals surface area contributed by atoms with E-state index in [2.05, 4.69) is 10.2 Å². The Bertz CT molecular complexity index is 1000. The summed E-state index contributed by atoms with van der Waals surface area (Å²) < 4.78 is 0. The zero-order valence-corrected chi connectivity index (χ0v) is 13.8. The van der Waals surface area contributed by atoms with Gasteiger partial charge in [0.2, 0.25) is 0 Å². The summed E-state index contributed by atoms with van der Waals surface area (Å²) in [5, 5.41) is 29.7. The predicted octanol–water partition coefficient (Wildman–Crippen LogP) is 4.87. The number of aromatic amines is 1. The van der Waals surface area contributed by atoms with E-state index in [1.54, 1.807) is 24.3 Å².